The predicted octanol–water partition coefficient (Wildman–Crippen LogP) is 11.2. The van der Waals surface area contributed by atoms with Gasteiger partial charge < -0.3 is 19.3 Å². The molecule has 0 bridgehead atoms. The lowest BCUT2D eigenvalue weighted by atomic mass is 10.1. The van der Waals surface area contributed by atoms with E-state index in [0.717, 1.165) is 64.2 Å². The molecule has 0 aromatic rings. The van der Waals surface area contributed by atoms with Crippen LogP contribution in [0, 0.1) is 0 Å². The second kappa shape index (κ2) is 34.9. The molecule has 0 aliphatic heterocycles. The molecule has 0 aromatic heterocycles. The van der Waals surface area contributed by atoms with E-state index in [2.05, 4.69) is 67.0 Å². The lowest BCUT2D eigenvalue weighted by molar-refractivity contribution is -0.161. The standard InChI is InChI=1S/C39H69O8P/c1-3-5-7-9-11-13-15-17-19-21-23-25-27-29-31-33-38(40)45-35-37(36-46-48(42,43)44)47-39(41)34-32-30-28-26-24-22-20-18-16-14-12-10-8-6-4-2/h14,16-20,23,25,37H,3-13,15,21-22,24,26-36H2,1-2H3,(H2,42,43,44)/b16-14+,19-17+,20-18+,25-23+/t37-/m1/s1. The fourth-order valence-electron chi connectivity index (χ4n) is 4.98. The van der Waals surface area contributed by atoms with Crippen LogP contribution in [0.25, 0.3) is 0 Å². The number of esters is 2. The van der Waals surface area contributed by atoms with Crippen LogP contribution in [0.2, 0.25) is 0 Å². The van der Waals surface area contributed by atoms with Crippen LogP contribution in [0.1, 0.15) is 168 Å². The first-order valence-electron chi connectivity index (χ1n) is 18.9. The highest BCUT2D eigenvalue weighted by molar-refractivity contribution is 7.46. The summed E-state index contributed by atoms with van der Waals surface area (Å²) >= 11 is 0. The Kier molecular flexibility index (Phi) is 33.4. The van der Waals surface area contributed by atoms with Crippen molar-refractivity contribution in [3.05, 3.63) is 48.6 Å². The molecular weight excluding hydrogens is 627 g/mol. The first kappa shape index (κ1) is 46.0. The first-order chi connectivity index (χ1) is 23.3. The van der Waals surface area contributed by atoms with Crippen molar-refractivity contribution in [3.63, 3.8) is 0 Å². The molecule has 0 saturated heterocycles. The number of allylic oxidation sites excluding steroid dienone is 8. The van der Waals surface area contributed by atoms with Crippen molar-refractivity contribution in [2.75, 3.05) is 13.2 Å². The van der Waals surface area contributed by atoms with Crippen LogP contribution in [0.15, 0.2) is 48.6 Å². The molecule has 48 heavy (non-hydrogen) atoms. The normalized spacial score (nSPS) is 13.0. The Morgan fingerprint density at radius 2 is 1.00 bits per heavy atom. The number of hydrogen-bond donors (Lipinski definition) is 2. The van der Waals surface area contributed by atoms with Crippen LogP contribution < -0.4 is 0 Å². The molecule has 0 aliphatic carbocycles. The Balaban J connectivity index is 4.06. The summed E-state index contributed by atoms with van der Waals surface area (Å²) in [6.07, 6.45) is 41.2. The average Bonchev–Trinajstić information content (AvgIpc) is 3.05. The minimum atomic E-state index is -4.76. The molecule has 0 unspecified atom stereocenters. The lowest BCUT2D eigenvalue weighted by Crippen LogP contribution is -2.29. The molecule has 8 nitrogen and oxygen atoms in total. The molecule has 0 aromatic carbocycles. The van der Waals surface area contributed by atoms with Gasteiger partial charge in [-0.3, -0.25) is 14.1 Å². The van der Waals surface area contributed by atoms with Crippen LogP contribution in [0.5, 0.6) is 0 Å². The maximum absolute atomic E-state index is 12.3. The van der Waals surface area contributed by atoms with Crippen molar-refractivity contribution in [3.8, 4) is 0 Å². The Labute approximate surface area is 293 Å². The zero-order chi connectivity index (χ0) is 35.4. The predicted molar refractivity (Wildman–Crippen MR) is 198 cm³/mol. The zero-order valence-corrected chi connectivity index (χ0v) is 31.3. The number of carbonyl (C=O) groups is 2. The van der Waals surface area contributed by atoms with Crippen molar-refractivity contribution in [2.45, 2.75) is 174 Å². The minimum Gasteiger partial charge on any atom is -0.462 e. The van der Waals surface area contributed by atoms with Gasteiger partial charge in [0.15, 0.2) is 6.10 Å². The highest BCUT2D eigenvalue weighted by Crippen LogP contribution is 2.36. The third-order valence-corrected chi connectivity index (χ3v) is 8.33. The number of phosphoric acid groups is 1. The van der Waals surface area contributed by atoms with E-state index in [1.807, 2.05) is 0 Å². The van der Waals surface area contributed by atoms with Crippen molar-refractivity contribution in [1.29, 1.82) is 0 Å². The molecule has 0 heterocycles. The van der Waals surface area contributed by atoms with Gasteiger partial charge in [0.2, 0.25) is 0 Å². The summed E-state index contributed by atoms with van der Waals surface area (Å²) in [7, 11) is -4.76. The van der Waals surface area contributed by atoms with Crippen LogP contribution in [0.3, 0.4) is 0 Å². The van der Waals surface area contributed by atoms with Crippen LogP contribution in [0.4, 0.5) is 0 Å². The summed E-state index contributed by atoms with van der Waals surface area (Å²) < 4.78 is 26.3. The second-order valence-electron chi connectivity index (χ2n) is 12.6. The zero-order valence-electron chi connectivity index (χ0n) is 30.4. The Morgan fingerprint density at radius 1 is 0.562 bits per heavy atom. The van der Waals surface area contributed by atoms with E-state index in [4.69, 9.17) is 19.3 Å². The molecule has 0 rings (SSSR count). The topological polar surface area (TPSA) is 119 Å². The van der Waals surface area contributed by atoms with Crippen molar-refractivity contribution < 1.29 is 37.9 Å². The Hall–Kier alpha value is -1.99. The summed E-state index contributed by atoms with van der Waals surface area (Å²) in [5.41, 5.74) is 0. The summed E-state index contributed by atoms with van der Waals surface area (Å²) in [5, 5.41) is 0. The van der Waals surface area contributed by atoms with Crippen molar-refractivity contribution >= 4 is 19.8 Å². The number of ether oxygens (including phenoxy) is 2. The summed E-state index contributed by atoms with van der Waals surface area (Å²) in [4.78, 5) is 42.7. The largest absolute Gasteiger partial charge is 0.469 e. The van der Waals surface area contributed by atoms with Crippen LogP contribution in [-0.2, 0) is 28.2 Å². The van der Waals surface area contributed by atoms with Gasteiger partial charge in [0.1, 0.15) is 6.61 Å². The number of unbranched alkanes of at least 4 members (excludes halogenated alkanes) is 17. The maximum atomic E-state index is 12.3. The molecule has 0 spiro atoms. The van der Waals surface area contributed by atoms with Crippen LogP contribution >= 0.6 is 7.82 Å². The second-order valence-corrected chi connectivity index (χ2v) is 13.8. The quantitative estimate of drug-likeness (QED) is 0.0224. The monoisotopic (exact) mass is 696 g/mol. The smallest absolute Gasteiger partial charge is 0.462 e. The highest BCUT2D eigenvalue weighted by atomic mass is 31.2. The van der Waals surface area contributed by atoms with Gasteiger partial charge >= 0.3 is 19.8 Å². The summed E-state index contributed by atoms with van der Waals surface area (Å²) in [6, 6.07) is 0. The molecule has 0 fully saturated rings. The fraction of sp³-hybridized carbons (Fsp3) is 0.744. The number of carbonyl (C=O) groups excluding carboxylic acids is 2. The molecule has 0 amide bonds. The third kappa shape index (κ3) is 36.8. The van der Waals surface area contributed by atoms with Gasteiger partial charge in [-0.15, -0.1) is 0 Å². The molecule has 0 saturated carbocycles. The lowest BCUT2D eigenvalue weighted by Gasteiger charge is -2.18. The van der Waals surface area contributed by atoms with E-state index in [9.17, 15) is 14.2 Å². The number of rotatable bonds is 34. The van der Waals surface area contributed by atoms with E-state index in [1.54, 1.807) is 0 Å². The van der Waals surface area contributed by atoms with Gasteiger partial charge in [-0.05, 0) is 70.6 Å². The first-order valence-corrected chi connectivity index (χ1v) is 20.5. The SMILES string of the molecule is CCCCCC/C=C/C=C/CCCCCCCC(=O)O[C@H](COC(=O)CCCC/C=C/C/C=C/CCCCCCCC)COP(=O)(O)O. The van der Waals surface area contributed by atoms with E-state index in [1.165, 1.54) is 64.2 Å². The van der Waals surface area contributed by atoms with Crippen LogP contribution in [-0.4, -0.2) is 41.0 Å². The fourth-order valence-corrected chi connectivity index (χ4v) is 5.34. The Morgan fingerprint density at radius 3 is 1.56 bits per heavy atom. The molecule has 278 valence electrons. The molecule has 1 atom stereocenters. The number of phosphoric ester groups is 1. The van der Waals surface area contributed by atoms with E-state index >= 15 is 0 Å². The van der Waals surface area contributed by atoms with E-state index in [-0.39, 0.29) is 19.4 Å². The Bertz CT molecular complexity index is 921. The van der Waals surface area contributed by atoms with Gasteiger partial charge in [-0.1, -0.05) is 133 Å². The van der Waals surface area contributed by atoms with Gasteiger partial charge in [0, 0.05) is 12.8 Å². The molecule has 0 aliphatic rings. The molecule has 2 N–H and O–H groups in total. The van der Waals surface area contributed by atoms with Crippen molar-refractivity contribution in [2.24, 2.45) is 0 Å². The van der Waals surface area contributed by atoms with Gasteiger partial charge in [0.25, 0.3) is 0 Å². The number of hydrogen-bond acceptors (Lipinski definition) is 6. The molecule has 0 radical (unpaired) electrons. The van der Waals surface area contributed by atoms with E-state index < -0.39 is 32.5 Å². The van der Waals surface area contributed by atoms with Gasteiger partial charge in [-0.2, -0.15) is 0 Å². The third-order valence-electron chi connectivity index (χ3n) is 7.85. The maximum Gasteiger partial charge on any atom is 0.469 e. The van der Waals surface area contributed by atoms with E-state index in [0.29, 0.717) is 12.8 Å². The molecular formula is C39H69O8P. The summed E-state index contributed by atoms with van der Waals surface area (Å²) in [6.45, 7) is 3.60. The average molecular weight is 697 g/mol. The summed E-state index contributed by atoms with van der Waals surface area (Å²) in [5.74, 6) is -0.944. The molecule has 9 heteroatoms. The van der Waals surface area contributed by atoms with Gasteiger partial charge in [0.05, 0.1) is 6.61 Å². The highest BCUT2D eigenvalue weighted by Gasteiger charge is 2.22. The van der Waals surface area contributed by atoms with Crippen molar-refractivity contribution in [1.82, 2.24) is 0 Å². The van der Waals surface area contributed by atoms with Gasteiger partial charge in [-0.25, -0.2) is 4.57 Å². The minimum absolute atomic E-state index is 0.186.